The highest BCUT2D eigenvalue weighted by molar-refractivity contribution is 5.89. The molecule has 2 N–H and O–H groups in total. The molecule has 174 valence electrons. The number of hydrogen-bond donors (Lipinski definition) is 2. The Balaban J connectivity index is 2.04. The first kappa shape index (κ1) is 24.1. The molecular weight excluding hydrogens is 396 g/mol. The third-order valence-corrected chi connectivity index (χ3v) is 8.72. The van der Waals surface area contributed by atoms with Crippen molar-refractivity contribution in [3.63, 3.8) is 0 Å². The fourth-order valence-electron chi connectivity index (χ4n) is 6.71. The van der Waals surface area contributed by atoms with Gasteiger partial charge in [0.1, 0.15) is 11.7 Å². The van der Waals surface area contributed by atoms with Crippen molar-refractivity contribution in [2.75, 3.05) is 0 Å². The lowest BCUT2D eigenvalue weighted by Crippen LogP contribution is -2.74. The number of carbonyl (C=O) groups excluding carboxylic acids is 2. The third kappa shape index (κ3) is 3.42. The fraction of sp³-hybridized carbons (Fsp3) is 0.760. The summed E-state index contributed by atoms with van der Waals surface area (Å²) in [5.74, 6) is -1.37. The third-order valence-electron chi connectivity index (χ3n) is 8.72. The molecule has 0 aromatic rings. The topological polar surface area (TPSA) is 93.1 Å². The highest BCUT2D eigenvalue weighted by Gasteiger charge is 2.71. The van der Waals surface area contributed by atoms with Gasteiger partial charge in [-0.3, -0.25) is 4.79 Å². The number of rotatable bonds is 3. The van der Waals surface area contributed by atoms with E-state index in [1.54, 1.807) is 32.9 Å². The molecule has 0 amide bonds. The van der Waals surface area contributed by atoms with E-state index in [0.29, 0.717) is 12.0 Å². The molecule has 0 aromatic heterocycles. The van der Waals surface area contributed by atoms with Gasteiger partial charge in [0.05, 0.1) is 17.8 Å². The van der Waals surface area contributed by atoms with Crippen molar-refractivity contribution in [3.8, 4) is 0 Å². The largest absolute Gasteiger partial charge is 0.458 e. The van der Waals surface area contributed by atoms with Gasteiger partial charge in [-0.05, 0) is 33.6 Å². The molecule has 6 heteroatoms. The van der Waals surface area contributed by atoms with Crippen LogP contribution in [-0.4, -0.2) is 51.5 Å². The number of fused-ring (bicyclic) bond motifs is 3. The Labute approximate surface area is 185 Å². The van der Waals surface area contributed by atoms with E-state index in [1.807, 2.05) is 27.7 Å². The molecule has 1 saturated heterocycles. The summed E-state index contributed by atoms with van der Waals surface area (Å²) in [5, 5.41) is 22.7. The van der Waals surface area contributed by atoms with E-state index in [0.717, 1.165) is 0 Å². The second-order valence-electron chi connectivity index (χ2n) is 11.0. The number of aliphatic hydroxyl groups is 2. The van der Waals surface area contributed by atoms with E-state index >= 15 is 0 Å². The van der Waals surface area contributed by atoms with Crippen LogP contribution in [0.3, 0.4) is 0 Å². The molecule has 1 aliphatic heterocycles. The summed E-state index contributed by atoms with van der Waals surface area (Å²) in [6.45, 7) is 16.8. The van der Waals surface area contributed by atoms with Gasteiger partial charge in [0.25, 0.3) is 0 Å². The average Bonchev–Trinajstić information content (AvgIpc) is 2.67. The molecule has 1 heterocycles. The molecule has 2 aliphatic carbocycles. The van der Waals surface area contributed by atoms with Crippen LogP contribution < -0.4 is 0 Å². The quantitative estimate of drug-likeness (QED) is 0.402. The SMILES string of the molecule is C=C[C@]1(C)C[C@@H](O)[C@H]2[C@]3(C)[C@H](O)C[C@H](OC(=O)/C(C)=C\C)C(C)(C)[C@H]3CC(=O)[C@]2(C)O1. The minimum absolute atomic E-state index is 0.0938. The van der Waals surface area contributed by atoms with Crippen LogP contribution in [0, 0.1) is 22.7 Å². The minimum Gasteiger partial charge on any atom is -0.458 e. The maximum atomic E-state index is 13.5. The molecular formula is C25H38O6. The standard InChI is InChI=1S/C25H38O6/c1-9-14(3)21(29)30-19-12-17(27)24(7)16(22(19,4)5)11-18(28)25(8)20(24)15(26)13-23(6,10-2)31-25/h9-10,15-17,19-20,26-27H,2,11-13H2,1,3-8H3/b14-9-/t15-,16-,17-,19+,20+,23-,24+,25+/m1/s1. The number of hydrogen-bond acceptors (Lipinski definition) is 6. The van der Waals surface area contributed by atoms with Crippen molar-refractivity contribution in [2.45, 2.75) is 97.2 Å². The molecule has 0 radical (unpaired) electrons. The summed E-state index contributed by atoms with van der Waals surface area (Å²) in [7, 11) is 0. The minimum atomic E-state index is -1.23. The van der Waals surface area contributed by atoms with Gasteiger partial charge < -0.3 is 19.7 Å². The van der Waals surface area contributed by atoms with Crippen LogP contribution in [0.25, 0.3) is 0 Å². The highest BCUT2D eigenvalue weighted by Crippen LogP contribution is 2.65. The van der Waals surface area contributed by atoms with Crippen molar-refractivity contribution in [2.24, 2.45) is 22.7 Å². The lowest BCUT2D eigenvalue weighted by Gasteiger charge is -2.67. The van der Waals surface area contributed by atoms with Gasteiger partial charge in [-0.25, -0.2) is 4.79 Å². The van der Waals surface area contributed by atoms with Gasteiger partial charge in [0.15, 0.2) is 5.78 Å². The molecule has 0 aromatic carbocycles. The second-order valence-corrected chi connectivity index (χ2v) is 11.0. The van der Waals surface area contributed by atoms with Gasteiger partial charge >= 0.3 is 5.97 Å². The molecule has 3 fully saturated rings. The Hall–Kier alpha value is -1.50. The molecule has 3 rings (SSSR count). The molecule has 31 heavy (non-hydrogen) atoms. The number of carbonyl (C=O) groups is 2. The summed E-state index contributed by atoms with van der Waals surface area (Å²) in [5.41, 5.74) is -2.90. The van der Waals surface area contributed by atoms with Crippen molar-refractivity contribution >= 4 is 11.8 Å². The van der Waals surface area contributed by atoms with Crippen LogP contribution in [0.4, 0.5) is 0 Å². The maximum absolute atomic E-state index is 13.5. The van der Waals surface area contributed by atoms with Crippen LogP contribution in [0.2, 0.25) is 0 Å². The zero-order valence-electron chi connectivity index (χ0n) is 19.9. The number of ketones is 1. The van der Waals surface area contributed by atoms with E-state index in [9.17, 15) is 19.8 Å². The summed E-state index contributed by atoms with van der Waals surface area (Å²) in [4.78, 5) is 26.0. The molecule has 6 nitrogen and oxygen atoms in total. The van der Waals surface area contributed by atoms with E-state index in [2.05, 4.69) is 6.58 Å². The van der Waals surface area contributed by atoms with E-state index in [4.69, 9.17) is 9.47 Å². The summed E-state index contributed by atoms with van der Waals surface area (Å²) < 4.78 is 12.1. The Morgan fingerprint density at radius 2 is 1.84 bits per heavy atom. The predicted molar refractivity (Wildman–Crippen MR) is 117 cm³/mol. The summed E-state index contributed by atoms with van der Waals surface area (Å²) in [6, 6.07) is 0. The van der Waals surface area contributed by atoms with Crippen LogP contribution in [0.1, 0.15) is 67.7 Å². The number of ether oxygens (including phenoxy) is 2. The van der Waals surface area contributed by atoms with Gasteiger partial charge in [0, 0.05) is 41.6 Å². The van der Waals surface area contributed by atoms with Crippen molar-refractivity contribution in [3.05, 3.63) is 24.3 Å². The average molecular weight is 435 g/mol. The first-order valence-electron chi connectivity index (χ1n) is 11.2. The fourth-order valence-corrected chi connectivity index (χ4v) is 6.71. The van der Waals surface area contributed by atoms with E-state index < -0.39 is 52.2 Å². The number of esters is 1. The van der Waals surface area contributed by atoms with E-state index in [1.165, 1.54) is 0 Å². The maximum Gasteiger partial charge on any atom is 0.333 e. The predicted octanol–water partition coefficient (Wildman–Crippen LogP) is 3.35. The first-order valence-corrected chi connectivity index (χ1v) is 11.2. The van der Waals surface area contributed by atoms with Gasteiger partial charge in [0.2, 0.25) is 0 Å². The van der Waals surface area contributed by atoms with Crippen LogP contribution in [-0.2, 0) is 19.1 Å². The Bertz CT molecular complexity index is 815. The van der Waals surface area contributed by atoms with Crippen LogP contribution >= 0.6 is 0 Å². The molecule has 0 spiro atoms. The van der Waals surface area contributed by atoms with E-state index in [-0.39, 0.29) is 24.5 Å². The Morgan fingerprint density at radius 3 is 2.39 bits per heavy atom. The lowest BCUT2D eigenvalue weighted by atomic mass is 9.42. The Morgan fingerprint density at radius 1 is 1.23 bits per heavy atom. The molecule has 3 aliphatic rings. The monoisotopic (exact) mass is 434 g/mol. The van der Waals surface area contributed by atoms with Crippen LogP contribution in [0.5, 0.6) is 0 Å². The number of allylic oxidation sites excluding steroid dienone is 1. The van der Waals surface area contributed by atoms with Gasteiger partial charge in [-0.2, -0.15) is 0 Å². The number of aliphatic hydroxyl groups excluding tert-OH is 2. The summed E-state index contributed by atoms with van der Waals surface area (Å²) >= 11 is 0. The van der Waals surface area contributed by atoms with Crippen molar-refractivity contribution < 1.29 is 29.3 Å². The zero-order chi connectivity index (χ0) is 23.6. The normalized spacial score (nSPS) is 47.2. The zero-order valence-corrected chi connectivity index (χ0v) is 19.9. The van der Waals surface area contributed by atoms with Gasteiger partial charge in [-0.1, -0.05) is 32.9 Å². The molecule has 0 bridgehead atoms. The van der Waals surface area contributed by atoms with Crippen molar-refractivity contribution in [1.29, 1.82) is 0 Å². The Kier molecular flexibility index (Phi) is 5.87. The van der Waals surface area contributed by atoms with Crippen molar-refractivity contribution in [1.82, 2.24) is 0 Å². The summed E-state index contributed by atoms with van der Waals surface area (Å²) in [6.07, 6.45) is 1.82. The molecule has 2 saturated carbocycles. The van der Waals surface area contributed by atoms with Gasteiger partial charge in [-0.15, -0.1) is 6.58 Å². The van der Waals surface area contributed by atoms with Crippen LogP contribution in [0.15, 0.2) is 24.3 Å². The smallest absolute Gasteiger partial charge is 0.333 e. The first-order chi connectivity index (χ1) is 14.2. The number of Topliss-reactive ketones (excluding diaryl/α,β-unsaturated/α-hetero) is 1. The highest BCUT2D eigenvalue weighted by atomic mass is 16.5. The second kappa shape index (κ2) is 7.53. The molecule has 8 atom stereocenters. The molecule has 0 unspecified atom stereocenters. The lowest BCUT2D eigenvalue weighted by molar-refractivity contribution is -0.293.